The molecule has 2 aliphatic rings. The first kappa shape index (κ1) is 19.0. The molecule has 2 aromatic rings. The Hall–Kier alpha value is -2.37. The second-order valence-electron chi connectivity index (χ2n) is 7.96. The first-order valence-corrected chi connectivity index (χ1v) is 10.1. The van der Waals surface area contributed by atoms with Gasteiger partial charge in [-0.15, -0.1) is 0 Å². The van der Waals surface area contributed by atoms with Crippen molar-refractivity contribution in [3.05, 3.63) is 58.7 Å². The number of fused-ring (bicyclic) bond motifs is 1. The fourth-order valence-electron chi connectivity index (χ4n) is 4.05. The lowest BCUT2D eigenvalue weighted by molar-refractivity contribution is -0.117. The summed E-state index contributed by atoms with van der Waals surface area (Å²) in [5, 5.41) is 3.05. The van der Waals surface area contributed by atoms with E-state index >= 15 is 0 Å². The topological polar surface area (TPSA) is 44.8 Å². The molecule has 1 saturated heterocycles. The van der Waals surface area contributed by atoms with Crippen LogP contribution in [0.1, 0.15) is 22.3 Å². The van der Waals surface area contributed by atoms with Crippen molar-refractivity contribution in [1.82, 2.24) is 9.80 Å². The van der Waals surface area contributed by atoms with Crippen LogP contribution in [0.2, 0.25) is 0 Å². The summed E-state index contributed by atoms with van der Waals surface area (Å²) in [5.74, 6) is 1.11. The Balaban J connectivity index is 1.24. The van der Waals surface area contributed by atoms with Crippen LogP contribution in [-0.4, -0.2) is 55.0 Å². The summed E-state index contributed by atoms with van der Waals surface area (Å²) < 4.78 is 5.59. The van der Waals surface area contributed by atoms with Crippen LogP contribution in [-0.2, 0) is 17.8 Å². The van der Waals surface area contributed by atoms with Crippen molar-refractivity contribution in [3.8, 4) is 5.75 Å². The zero-order chi connectivity index (χ0) is 19.5. The van der Waals surface area contributed by atoms with Gasteiger partial charge in [-0.2, -0.15) is 0 Å². The highest BCUT2D eigenvalue weighted by Crippen LogP contribution is 2.26. The minimum atomic E-state index is 0.0685. The van der Waals surface area contributed by atoms with Crippen molar-refractivity contribution in [2.45, 2.75) is 26.8 Å². The van der Waals surface area contributed by atoms with Crippen molar-refractivity contribution in [2.75, 3.05) is 44.6 Å². The summed E-state index contributed by atoms with van der Waals surface area (Å²) in [7, 11) is 0. The Morgan fingerprint density at radius 3 is 2.61 bits per heavy atom. The van der Waals surface area contributed by atoms with Gasteiger partial charge in [-0.3, -0.25) is 14.6 Å². The zero-order valence-electron chi connectivity index (χ0n) is 16.8. The fraction of sp³-hybridized carbons (Fsp3) is 0.435. The molecule has 0 aromatic heterocycles. The third-order valence-corrected chi connectivity index (χ3v) is 5.65. The number of ether oxygens (including phenoxy) is 1. The van der Waals surface area contributed by atoms with E-state index in [2.05, 4.69) is 46.3 Å². The number of carbonyl (C=O) groups excluding carboxylic acids is 1. The first-order chi connectivity index (χ1) is 13.6. The highest BCUT2D eigenvalue weighted by Gasteiger charge is 2.20. The molecule has 5 heteroatoms. The Bertz CT molecular complexity index is 857. The molecule has 0 radical (unpaired) electrons. The molecular formula is C23H29N3O2. The molecule has 5 nitrogen and oxygen atoms in total. The van der Waals surface area contributed by atoms with Crippen LogP contribution >= 0.6 is 0 Å². The largest absolute Gasteiger partial charge is 0.493 e. The maximum Gasteiger partial charge on any atom is 0.238 e. The molecule has 4 rings (SSSR count). The number of anilines is 1. The second kappa shape index (κ2) is 8.33. The van der Waals surface area contributed by atoms with Crippen LogP contribution in [0.15, 0.2) is 36.4 Å². The lowest BCUT2D eigenvalue weighted by Crippen LogP contribution is -2.48. The number of aryl methyl sites for hydroxylation is 2. The highest BCUT2D eigenvalue weighted by molar-refractivity contribution is 5.93. The van der Waals surface area contributed by atoms with Crippen molar-refractivity contribution < 1.29 is 9.53 Å². The summed E-state index contributed by atoms with van der Waals surface area (Å²) in [6, 6.07) is 12.7. The first-order valence-electron chi connectivity index (χ1n) is 10.1. The van der Waals surface area contributed by atoms with Crippen molar-refractivity contribution in [3.63, 3.8) is 0 Å². The van der Waals surface area contributed by atoms with Crippen LogP contribution in [0.25, 0.3) is 0 Å². The number of benzene rings is 2. The summed E-state index contributed by atoms with van der Waals surface area (Å²) in [4.78, 5) is 17.1. The average molecular weight is 380 g/mol. The number of nitrogens with zero attached hydrogens (tertiary/aromatic N) is 2. The quantitative estimate of drug-likeness (QED) is 0.868. The number of hydrogen-bond donors (Lipinski definition) is 1. The van der Waals surface area contributed by atoms with Crippen LogP contribution in [0.4, 0.5) is 5.69 Å². The molecule has 28 heavy (non-hydrogen) atoms. The van der Waals surface area contributed by atoms with Gasteiger partial charge in [-0.05, 0) is 42.7 Å². The van der Waals surface area contributed by atoms with Crippen LogP contribution in [0.3, 0.4) is 0 Å². The van der Waals surface area contributed by atoms with Gasteiger partial charge in [-0.1, -0.05) is 29.8 Å². The maximum atomic E-state index is 12.4. The van der Waals surface area contributed by atoms with Gasteiger partial charge in [0.25, 0.3) is 0 Å². The van der Waals surface area contributed by atoms with E-state index in [1.807, 2.05) is 19.1 Å². The Morgan fingerprint density at radius 2 is 1.82 bits per heavy atom. The lowest BCUT2D eigenvalue weighted by atomic mass is 10.1. The number of carbonyl (C=O) groups is 1. The average Bonchev–Trinajstić information content (AvgIpc) is 3.13. The van der Waals surface area contributed by atoms with E-state index in [0.717, 1.165) is 62.8 Å². The van der Waals surface area contributed by atoms with Gasteiger partial charge in [0.1, 0.15) is 5.75 Å². The number of rotatable bonds is 5. The Morgan fingerprint density at radius 1 is 1.04 bits per heavy atom. The fourth-order valence-corrected chi connectivity index (χ4v) is 4.05. The van der Waals surface area contributed by atoms with Crippen LogP contribution in [0.5, 0.6) is 5.75 Å². The van der Waals surface area contributed by atoms with Crippen molar-refractivity contribution in [1.29, 1.82) is 0 Å². The van der Waals surface area contributed by atoms with Gasteiger partial charge in [0.2, 0.25) is 5.91 Å². The molecule has 0 aliphatic carbocycles. The molecular weight excluding hydrogens is 350 g/mol. The predicted octanol–water partition coefficient (Wildman–Crippen LogP) is 2.99. The predicted molar refractivity (Wildman–Crippen MR) is 112 cm³/mol. The molecule has 0 atom stereocenters. The molecule has 0 saturated carbocycles. The van der Waals surface area contributed by atoms with Crippen molar-refractivity contribution >= 4 is 11.6 Å². The molecule has 2 aliphatic heterocycles. The molecule has 148 valence electrons. The maximum absolute atomic E-state index is 12.4. The summed E-state index contributed by atoms with van der Waals surface area (Å²) in [6.45, 7) is 10.2. The number of nitrogens with one attached hydrogen (secondary N) is 1. The lowest BCUT2D eigenvalue weighted by Gasteiger charge is -2.34. The standard InChI is InChI=1S/C23H29N3O2/c1-17-3-5-21(18(2)13-17)24-23(27)16-26-10-8-25(9-11-26)15-19-4-6-22-20(14-19)7-12-28-22/h3-6,13-14H,7-12,15-16H2,1-2H3,(H,24,27). The van der Waals surface area contributed by atoms with E-state index in [4.69, 9.17) is 4.74 Å². The number of amides is 1. The zero-order valence-corrected chi connectivity index (χ0v) is 16.8. The Labute approximate surface area is 167 Å². The van der Waals surface area contributed by atoms with E-state index in [1.165, 1.54) is 16.7 Å². The van der Waals surface area contributed by atoms with E-state index in [1.54, 1.807) is 0 Å². The third-order valence-electron chi connectivity index (χ3n) is 5.65. The molecule has 0 bridgehead atoms. The van der Waals surface area contributed by atoms with Gasteiger partial charge in [0.05, 0.1) is 13.2 Å². The van der Waals surface area contributed by atoms with E-state index in [-0.39, 0.29) is 5.91 Å². The van der Waals surface area contributed by atoms with Gasteiger partial charge in [0, 0.05) is 44.8 Å². The number of hydrogen-bond acceptors (Lipinski definition) is 4. The van der Waals surface area contributed by atoms with E-state index in [9.17, 15) is 4.79 Å². The van der Waals surface area contributed by atoms with Gasteiger partial charge in [0.15, 0.2) is 0 Å². The molecule has 0 spiro atoms. The minimum absolute atomic E-state index is 0.0685. The normalized spacial score (nSPS) is 17.2. The SMILES string of the molecule is Cc1ccc(NC(=O)CN2CCN(Cc3ccc4c(c3)CCO4)CC2)c(C)c1. The van der Waals surface area contributed by atoms with Crippen LogP contribution < -0.4 is 10.1 Å². The van der Waals surface area contributed by atoms with Gasteiger partial charge < -0.3 is 10.1 Å². The summed E-state index contributed by atoms with van der Waals surface area (Å²) in [5.41, 5.74) is 5.92. The number of piperazine rings is 1. The smallest absolute Gasteiger partial charge is 0.238 e. The van der Waals surface area contributed by atoms with Crippen molar-refractivity contribution in [2.24, 2.45) is 0 Å². The molecule has 0 unspecified atom stereocenters. The summed E-state index contributed by atoms with van der Waals surface area (Å²) in [6.07, 6.45) is 1.02. The second-order valence-corrected chi connectivity index (χ2v) is 7.96. The highest BCUT2D eigenvalue weighted by atomic mass is 16.5. The third kappa shape index (κ3) is 4.54. The summed E-state index contributed by atoms with van der Waals surface area (Å²) >= 11 is 0. The van der Waals surface area contributed by atoms with Gasteiger partial charge in [-0.25, -0.2) is 0 Å². The monoisotopic (exact) mass is 379 g/mol. The molecule has 1 fully saturated rings. The minimum Gasteiger partial charge on any atom is -0.493 e. The molecule has 1 N–H and O–H groups in total. The van der Waals surface area contributed by atoms with E-state index in [0.29, 0.717) is 6.54 Å². The van der Waals surface area contributed by atoms with E-state index < -0.39 is 0 Å². The molecule has 2 heterocycles. The molecule has 1 amide bonds. The molecule has 2 aromatic carbocycles. The van der Waals surface area contributed by atoms with Gasteiger partial charge >= 0.3 is 0 Å². The Kier molecular flexibility index (Phi) is 5.64. The van der Waals surface area contributed by atoms with Crippen LogP contribution in [0, 0.1) is 13.8 Å².